The maximum absolute atomic E-state index is 12.9. The van der Waals surface area contributed by atoms with Gasteiger partial charge in [-0.2, -0.15) is 5.10 Å². The van der Waals surface area contributed by atoms with E-state index in [-0.39, 0.29) is 38.0 Å². The van der Waals surface area contributed by atoms with Crippen LogP contribution in [-0.2, 0) is 21.1 Å². The lowest BCUT2D eigenvalue weighted by Gasteiger charge is -2.51. The minimum Gasteiger partial charge on any atom is -0.369 e. The van der Waals surface area contributed by atoms with Gasteiger partial charge in [-0.15, -0.1) is 0 Å². The number of benzene rings is 1. The number of nitrogens with zero attached hydrogens (tertiary/aromatic N) is 4. The van der Waals surface area contributed by atoms with Crippen molar-refractivity contribution >= 4 is 21.6 Å². The molecule has 2 aliphatic rings. The summed E-state index contributed by atoms with van der Waals surface area (Å²) >= 11 is 0. The molecule has 0 aliphatic carbocycles. The average molecular weight is 395 g/mol. The van der Waals surface area contributed by atoms with Crippen LogP contribution in [0.3, 0.4) is 0 Å². The van der Waals surface area contributed by atoms with Crippen molar-refractivity contribution < 1.29 is 22.3 Å². The van der Waals surface area contributed by atoms with E-state index >= 15 is 0 Å². The van der Waals surface area contributed by atoms with Crippen LogP contribution in [0.2, 0.25) is 0 Å². The Balaban J connectivity index is 1.34. The summed E-state index contributed by atoms with van der Waals surface area (Å²) in [6.45, 7) is 0.618. The molecule has 4 rings (SSSR count). The fourth-order valence-corrected chi connectivity index (χ4v) is 5.20. The SMILES string of the molecule is O=C(Nc1ccc(F)cc1)N1CC2(C1)CS(=O)(=O)[C@@H](Cn1cncn1)CO2. The normalized spacial score (nSPS) is 23.0. The number of urea groups is 1. The van der Waals surface area contributed by atoms with Gasteiger partial charge in [-0.25, -0.2) is 22.6 Å². The van der Waals surface area contributed by atoms with Crippen LogP contribution in [0, 0.1) is 5.82 Å². The highest BCUT2D eigenvalue weighted by Gasteiger charge is 2.53. The van der Waals surface area contributed by atoms with E-state index in [2.05, 4.69) is 15.4 Å². The highest BCUT2D eigenvalue weighted by molar-refractivity contribution is 7.92. The number of halogens is 1. The maximum Gasteiger partial charge on any atom is 0.322 e. The summed E-state index contributed by atoms with van der Waals surface area (Å²) in [5.41, 5.74) is -0.398. The predicted molar refractivity (Wildman–Crippen MR) is 93.3 cm³/mol. The first-order chi connectivity index (χ1) is 12.9. The minimum absolute atomic E-state index is 0.0512. The third-order valence-corrected chi connectivity index (χ3v) is 6.97. The van der Waals surface area contributed by atoms with E-state index in [1.165, 1.54) is 46.5 Å². The van der Waals surface area contributed by atoms with Crippen LogP contribution in [0.25, 0.3) is 0 Å². The molecule has 1 aromatic heterocycles. The van der Waals surface area contributed by atoms with Gasteiger partial charge in [-0.1, -0.05) is 0 Å². The highest BCUT2D eigenvalue weighted by atomic mass is 32.2. The molecule has 2 saturated heterocycles. The summed E-state index contributed by atoms with van der Waals surface area (Å²) in [5.74, 6) is -0.531. The van der Waals surface area contributed by atoms with Crippen molar-refractivity contribution in [2.75, 3.05) is 30.8 Å². The zero-order chi connectivity index (χ0) is 19.1. The molecule has 1 N–H and O–H groups in total. The number of nitrogens with one attached hydrogen (secondary N) is 1. The van der Waals surface area contributed by atoms with Crippen LogP contribution < -0.4 is 5.32 Å². The van der Waals surface area contributed by atoms with Gasteiger partial charge in [0, 0.05) is 5.69 Å². The molecule has 0 unspecified atom stereocenters. The molecule has 11 heteroatoms. The molecule has 2 fully saturated rings. The molecular weight excluding hydrogens is 377 g/mol. The predicted octanol–water partition coefficient (Wildman–Crippen LogP) is 0.517. The molecule has 3 heterocycles. The molecule has 9 nitrogen and oxygen atoms in total. The van der Waals surface area contributed by atoms with Crippen molar-refractivity contribution in [3.63, 3.8) is 0 Å². The first-order valence-corrected chi connectivity index (χ1v) is 10.1. The van der Waals surface area contributed by atoms with Gasteiger partial charge < -0.3 is 15.0 Å². The number of hydrogen-bond acceptors (Lipinski definition) is 6. The van der Waals surface area contributed by atoms with Crippen molar-refractivity contribution in [1.82, 2.24) is 19.7 Å². The molecule has 1 atom stereocenters. The van der Waals surface area contributed by atoms with Crippen molar-refractivity contribution in [3.05, 3.63) is 42.7 Å². The van der Waals surface area contributed by atoms with E-state index in [1.807, 2.05) is 0 Å². The Morgan fingerprint density at radius 1 is 1.33 bits per heavy atom. The Bertz CT molecular complexity index is 926. The third kappa shape index (κ3) is 3.65. The minimum atomic E-state index is -3.39. The Hall–Kier alpha value is -2.53. The molecule has 2 aliphatic heterocycles. The number of ether oxygens (including phenoxy) is 1. The van der Waals surface area contributed by atoms with Crippen LogP contribution in [0.4, 0.5) is 14.9 Å². The summed E-state index contributed by atoms with van der Waals surface area (Å²) in [5, 5.41) is 5.89. The Kier molecular flexibility index (Phi) is 4.35. The maximum atomic E-state index is 12.9. The van der Waals surface area contributed by atoms with Crippen LogP contribution in [0.1, 0.15) is 0 Å². The standard InChI is InChI=1S/C16H18FN5O4S/c17-12-1-3-13(4-2-12)20-15(23)21-7-16(8-21)9-27(24,25)14(6-26-16)5-22-11-18-10-19-22/h1-4,10-11,14H,5-9H2,(H,20,23)/t14-/m0/s1. The number of hydrogen-bond donors (Lipinski definition) is 1. The van der Waals surface area contributed by atoms with E-state index in [0.29, 0.717) is 5.69 Å². The number of likely N-dealkylation sites (tertiary alicyclic amines) is 1. The molecule has 1 spiro atoms. The molecule has 1 aromatic carbocycles. The van der Waals surface area contributed by atoms with Gasteiger partial charge in [0.2, 0.25) is 0 Å². The van der Waals surface area contributed by atoms with Crippen LogP contribution in [-0.4, -0.2) is 70.4 Å². The summed E-state index contributed by atoms with van der Waals surface area (Å²) < 4.78 is 45.5. The molecule has 0 radical (unpaired) electrons. The van der Waals surface area contributed by atoms with Crippen molar-refractivity contribution in [1.29, 1.82) is 0 Å². The molecule has 0 saturated carbocycles. The van der Waals surface area contributed by atoms with E-state index in [4.69, 9.17) is 4.74 Å². The van der Waals surface area contributed by atoms with Crippen LogP contribution >= 0.6 is 0 Å². The van der Waals surface area contributed by atoms with E-state index in [1.54, 1.807) is 0 Å². The lowest BCUT2D eigenvalue weighted by molar-refractivity contribution is -0.117. The van der Waals surface area contributed by atoms with Gasteiger partial charge in [-0.3, -0.25) is 4.68 Å². The second kappa shape index (κ2) is 6.57. The van der Waals surface area contributed by atoms with Crippen LogP contribution in [0.15, 0.2) is 36.9 Å². The third-order valence-electron chi connectivity index (χ3n) is 4.75. The number of rotatable bonds is 3. The fraction of sp³-hybridized carbons (Fsp3) is 0.438. The van der Waals surface area contributed by atoms with Gasteiger partial charge in [-0.05, 0) is 24.3 Å². The number of carbonyl (C=O) groups is 1. The van der Waals surface area contributed by atoms with E-state index in [9.17, 15) is 17.6 Å². The lowest BCUT2D eigenvalue weighted by atomic mass is 9.96. The number of carbonyl (C=O) groups excluding carboxylic acids is 1. The molecule has 2 amide bonds. The summed E-state index contributed by atoms with van der Waals surface area (Å²) in [6, 6.07) is 5.04. The Labute approximate surface area is 155 Å². The van der Waals surface area contributed by atoms with Gasteiger partial charge in [0.15, 0.2) is 9.84 Å². The van der Waals surface area contributed by atoms with Gasteiger partial charge >= 0.3 is 6.03 Å². The first kappa shape index (κ1) is 17.9. The summed E-state index contributed by atoms with van der Waals surface area (Å²) in [6.07, 6.45) is 2.81. The van der Waals surface area contributed by atoms with Gasteiger partial charge in [0.1, 0.15) is 29.3 Å². The summed E-state index contributed by atoms with van der Waals surface area (Å²) in [7, 11) is -3.39. The molecule has 144 valence electrons. The topological polar surface area (TPSA) is 106 Å². The molecule has 2 aromatic rings. The average Bonchev–Trinajstić information content (AvgIpc) is 3.09. The Morgan fingerprint density at radius 3 is 2.70 bits per heavy atom. The van der Waals surface area contributed by atoms with E-state index in [0.717, 1.165) is 0 Å². The second-order valence-corrected chi connectivity index (χ2v) is 9.11. The number of anilines is 1. The van der Waals surface area contributed by atoms with Crippen molar-refractivity contribution in [2.24, 2.45) is 0 Å². The van der Waals surface area contributed by atoms with Gasteiger partial charge in [0.25, 0.3) is 0 Å². The highest BCUT2D eigenvalue weighted by Crippen LogP contribution is 2.33. The zero-order valence-electron chi connectivity index (χ0n) is 14.3. The smallest absolute Gasteiger partial charge is 0.322 e. The first-order valence-electron chi connectivity index (χ1n) is 8.35. The van der Waals surface area contributed by atoms with Crippen molar-refractivity contribution in [3.8, 4) is 0 Å². The quantitative estimate of drug-likeness (QED) is 0.812. The molecule has 27 heavy (non-hydrogen) atoms. The second-order valence-electron chi connectivity index (χ2n) is 6.83. The van der Waals surface area contributed by atoms with Gasteiger partial charge in [0.05, 0.1) is 32.0 Å². The number of aromatic nitrogens is 3. The largest absolute Gasteiger partial charge is 0.369 e. The van der Waals surface area contributed by atoms with E-state index < -0.39 is 26.5 Å². The number of amides is 2. The molecular formula is C16H18FN5O4S. The molecule has 0 bridgehead atoms. The Morgan fingerprint density at radius 2 is 2.07 bits per heavy atom. The fourth-order valence-electron chi connectivity index (χ4n) is 3.31. The van der Waals surface area contributed by atoms with Crippen LogP contribution in [0.5, 0.6) is 0 Å². The lowest BCUT2D eigenvalue weighted by Crippen LogP contribution is -2.71. The van der Waals surface area contributed by atoms with Crippen molar-refractivity contribution in [2.45, 2.75) is 17.4 Å². The monoisotopic (exact) mass is 395 g/mol. The number of sulfone groups is 1. The zero-order valence-corrected chi connectivity index (χ0v) is 15.1. The summed E-state index contributed by atoms with van der Waals surface area (Å²) in [4.78, 5) is 17.5.